The normalized spacial score (nSPS) is 18.8. The number of likely N-dealkylation sites (tertiary alicyclic amines) is 1. The summed E-state index contributed by atoms with van der Waals surface area (Å²) in [6, 6.07) is 9.01. The number of aryl methyl sites for hydroxylation is 1. The summed E-state index contributed by atoms with van der Waals surface area (Å²) in [5.74, 6) is 1.99. The highest BCUT2D eigenvalue weighted by molar-refractivity contribution is 5.34. The molecule has 132 valence electrons. The summed E-state index contributed by atoms with van der Waals surface area (Å²) >= 11 is 0. The maximum absolute atomic E-state index is 10.3. The number of benzene rings is 1. The molecule has 7 nitrogen and oxygen atoms in total. The van der Waals surface area contributed by atoms with E-state index in [-0.39, 0.29) is 12.6 Å². The zero-order valence-electron chi connectivity index (χ0n) is 14.3. The van der Waals surface area contributed by atoms with Gasteiger partial charge in [0.2, 0.25) is 5.89 Å². The summed E-state index contributed by atoms with van der Waals surface area (Å²) in [5.41, 5.74) is 0.583. The van der Waals surface area contributed by atoms with E-state index >= 15 is 0 Å². The lowest BCUT2D eigenvalue weighted by Gasteiger charge is -2.24. The maximum Gasteiger partial charge on any atom is 0.226 e. The van der Waals surface area contributed by atoms with Crippen LogP contribution >= 0.6 is 0 Å². The van der Waals surface area contributed by atoms with E-state index in [0.29, 0.717) is 29.6 Å². The van der Waals surface area contributed by atoms with E-state index in [1.807, 2.05) is 6.92 Å². The first-order valence-electron chi connectivity index (χ1n) is 8.57. The molecule has 2 aromatic rings. The Hall–Kier alpha value is -2.43. The second-order valence-electron chi connectivity index (χ2n) is 6.15. The molecule has 1 aliphatic heterocycles. The fourth-order valence-electron chi connectivity index (χ4n) is 3.03. The number of hydrogen-bond acceptors (Lipinski definition) is 7. The Balaban J connectivity index is 1.52. The van der Waals surface area contributed by atoms with Gasteiger partial charge in [-0.15, -0.1) is 0 Å². The number of aliphatic hydroxyl groups is 1. The molecule has 1 aromatic carbocycles. The molecule has 2 atom stereocenters. The van der Waals surface area contributed by atoms with Gasteiger partial charge in [-0.1, -0.05) is 12.1 Å². The predicted molar refractivity (Wildman–Crippen MR) is 89.9 cm³/mol. The van der Waals surface area contributed by atoms with E-state index in [0.717, 1.165) is 25.8 Å². The summed E-state index contributed by atoms with van der Waals surface area (Å²) in [6.07, 6.45) is 2.12. The van der Waals surface area contributed by atoms with Crippen molar-refractivity contribution in [1.29, 1.82) is 5.26 Å². The average Bonchev–Trinajstić information content (AvgIpc) is 3.29. The van der Waals surface area contributed by atoms with Crippen LogP contribution in [0.1, 0.15) is 43.1 Å². The van der Waals surface area contributed by atoms with E-state index in [4.69, 9.17) is 14.5 Å². The molecule has 1 aliphatic rings. The van der Waals surface area contributed by atoms with Crippen LogP contribution < -0.4 is 4.74 Å². The maximum atomic E-state index is 10.3. The highest BCUT2D eigenvalue weighted by Gasteiger charge is 2.31. The molecule has 1 saturated heterocycles. The molecule has 0 radical (unpaired) electrons. The number of aromatic nitrogens is 2. The molecule has 0 bridgehead atoms. The third-order valence-corrected chi connectivity index (χ3v) is 4.32. The van der Waals surface area contributed by atoms with Gasteiger partial charge < -0.3 is 14.4 Å². The van der Waals surface area contributed by atoms with Gasteiger partial charge in [0.25, 0.3) is 0 Å². The fourth-order valence-corrected chi connectivity index (χ4v) is 3.03. The lowest BCUT2D eigenvalue weighted by Crippen LogP contribution is -2.35. The van der Waals surface area contributed by atoms with Gasteiger partial charge in [-0.25, -0.2) is 0 Å². The summed E-state index contributed by atoms with van der Waals surface area (Å²) in [6.45, 7) is 3.57. The van der Waals surface area contributed by atoms with E-state index in [2.05, 4.69) is 21.1 Å². The van der Waals surface area contributed by atoms with Crippen molar-refractivity contribution < 1.29 is 14.4 Å². The molecule has 0 aliphatic carbocycles. The molecular formula is C18H22N4O3. The van der Waals surface area contributed by atoms with Crippen molar-refractivity contribution >= 4 is 0 Å². The van der Waals surface area contributed by atoms with Crippen molar-refractivity contribution in [1.82, 2.24) is 15.0 Å². The minimum absolute atomic E-state index is 0.0913. The van der Waals surface area contributed by atoms with Crippen molar-refractivity contribution in [2.45, 2.75) is 38.3 Å². The Labute approximate surface area is 146 Å². The van der Waals surface area contributed by atoms with Gasteiger partial charge in [0.1, 0.15) is 18.5 Å². The zero-order chi connectivity index (χ0) is 17.6. The molecule has 1 aromatic heterocycles. The van der Waals surface area contributed by atoms with Crippen LogP contribution in [0.5, 0.6) is 5.75 Å². The quantitative estimate of drug-likeness (QED) is 0.823. The number of hydrogen-bond donors (Lipinski definition) is 1. The van der Waals surface area contributed by atoms with Crippen molar-refractivity contribution in [3.8, 4) is 11.8 Å². The highest BCUT2D eigenvalue weighted by Crippen LogP contribution is 2.30. The second-order valence-corrected chi connectivity index (χ2v) is 6.15. The van der Waals surface area contributed by atoms with Crippen LogP contribution in [-0.2, 0) is 6.42 Å². The van der Waals surface area contributed by atoms with Crippen molar-refractivity contribution in [2.75, 3.05) is 19.7 Å². The zero-order valence-corrected chi connectivity index (χ0v) is 14.3. The number of β-amino-alcohol motifs (C(OH)–C–C–N with tert-alkyl or cyclic N) is 1. The van der Waals surface area contributed by atoms with Gasteiger partial charge >= 0.3 is 0 Å². The van der Waals surface area contributed by atoms with Gasteiger partial charge in [-0.05, 0) is 43.7 Å². The molecule has 1 fully saturated rings. The second kappa shape index (κ2) is 8.10. The number of aliphatic hydroxyl groups excluding tert-OH is 1. The van der Waals surface area contributed by atoms with Crippen LogP contribution in [0.3, 0.4) is 0 Å². The first kappa shape index (κ1) is 17.4. The summed E-state index contributed by atoms with van der Waals surface area (Å²) in [4.78, 5) is 6.60. The Bertz CT molecular complexity index is 723. The largest absolute Gasteiger partial charge is 0.491 e. The molecule has 0 amide bonds. The first-order valence-corrected chi connectivity index (χ1v) is 8.57. The van der Waals surface area contributed by atoms with Crippen LogP contribution in [-0.4, -0.2) is 45.9 Å². The molecule has 0 unspecified atom stereocenters. The molecule has 1 N–H and O–H groups in total. The molecule has 0 spiro atoms. The van der Waals surface area contributed by atoms with E-state index < -0.39 is 6.10 Å². The fraction of sp³-hybridized carbons (Fsp3) is 0.500. The van der Waals surface area contributed by atoms with Crippen molar-refractivity contribution in [3.05, 3.63) is 41.5 Å². The Morgan fingerprint density at radius 1 is 1.44 bits per heavy atom. The minimum atomic E-state index is -0.617. The van der Waals surface area contributed by atoms with Crippen LogP contribution in [0.25, 0.3) is 0 Å². The summed E-state index contributed by atoms with van der Waals surface area (Å²) < 4.78 is 10.8. The molecule has 3 rings (SSSR count). The Morgan fingerprint density at radius 2 is 2.24 bits per heavy atom. The molecule has 2 heterocycles. The number of nitriles is 1. The lowest BCUT2D eigenvalue weighted by atomic mass is 10.2. The van der Waals surface area contributed by atoms with Crippen LogP contribution in [0, 0.1) is 11.3 Å². The first-order chi connectivity index (χ1) is 12.2. The Morgan fingerprint density at radius 3 is 2.92 bits per heavy atom. The lowest BCUT2D eigenvalue weighted by molar-refractivity contribution is 0.0623. The minimum Gasteiger partial charge on any atom is -0.491 e. The van der Waals surface area contributed by atoms with Gasteiger partial charge in [0, 0.05) is 13.0 Å². The van der Waals surface area contributed by atoms with Crippen LogP contribution in [0.2, 0.25) is 0 Å². The SMILES string of the molecule is CCc1nc([C@@H]2CCCN2C[C@@H](O)COc2ccc(C#N)cc2)no1. The van der Waals surface area contributed by atoms with Crippen LogP contribution in [0.15, 0.2) is 28.8 Å². The highest BCUT2D eigenvalue weighted by atomic mass is 16.5. The molecule has 25 heavy (non-hydrogen) atoms. The average molecular weight is 342 g/mol. The van der Waals surface area contributed by atoms with E-state index in [1.54, 1.807) is 24.3 Å². The molecule has 0 saturated carbocycles. The Kier molecular flexibility index (Phi) is 5.64. The smallest absolute Gasteiger partial charge is 0.226 e. The van der Waals surface area contributed by atoms with Gasteiger partial charge in [0.05, 0.1) is 17.7 Å². The number of nitrogens with zero attached hydrogens (tertiary/aromatic N) is 4. The van der Waals surface area contributed by atoms with Crippen molar-refractivity contribution in [3.63, 3.8) is 0 Å². The third-order valence-electron chi connectivity index (χ3n) is 4.32. The van der Waals surface area contributed by atoms with Gasteiger partial charge in [-0.2, -0.15) is 10.2 Å². The third kappa shape index (κ3) is 4.35. The van der Waals surface area contributed by atoms with Crippen molar-refractivity contribution in [2.24, 2.45) is 0 Å². The van der Waals surface area contributed by atoms with E-state index in [1.165, 1.54) is 0 Å². The van der Waals surface area contributed by atoms with E-state index in [9.17, 15) is 5.11 Å². The number of ether oxygens (including phenoxy) is 1. The standard InChI is InChI=1S/C18H22N4O3/c1-2-17-20-18(21-25-17)16-4-3-9-22(16)11-14(23)12-24-15-7-5-13(10-19)6-8-15/h5-8,14,16,23H,2-4,9,11-12H2,1H3/t14-,16+/m1/s1. The molecular weight excluding hydrogens is 320 g/mol. The van der Waals surface area contributed by atoms with Gasteiger partial charge in [-0.3, -0.25) is 4.90 Å². The summed E-state index contributed by atoms with van der Waals surface area (Å²) in [5, 5.41) is 23.2. The summed E-state index contributed by atoms with van der Waals surface area (Å²) in [7, 11) is 0. The van der Waals surface area contributed by atoms with Gasteiger partial charge in [0.15, 0.2) is 5.82 Å². The predicted octanol–water partition coefficient (Wildman–Crippen LogP) is 2.08. The monoisotopic (exact) mass is 342 g/mol. The topological polar surface area (TPSA) is 95.4 Å². The molecule has 7 heteroatoms. The van der Waals surface area contributed by atoms with Crippen LogP contribution in [0.4, 0.5) is 0 Å². The number of rotatable bonds is 7.